The first-order valence-corrected chi connectivity index (χ1v) is 3.73. The van der Waals surface area contributed by atoms with E-state index < -0.39 is 0 Å². The largest absolute Gasteiger partial charge is 0.358 e. The summed E-state index contributed by atoms with van der Waals surface area (Å²) >= 11 is 0. The molecule has 0 bridgehead atoms. The van der Waals surface area contributed by atoms with Crippen LogP contribution in [0.15, 0.2) is 30.3 Å². The second-order valence-corrected chi connectivity index (χ2v) is 2.75. The minimum Gasteiger partial charge on any atom is -0.358 e. The highest BCUT2D eigenvalue weighted by Gasteiger charge is 2.43. The molecule has 1 N–H and O–H groups in total. The average molecular weight is 149 g/mol. The van der Waals surface area contributed by atoms with Crippen molar-refractivity contribution in [3.63, 3.8) is 0 Å². The lowest BCUT2D eigenvalue weighted by atomic mass is 10.1. The molecule has 1 saturated heterocycles. The summed E-state index contributed by atoms with van der Waals surface area (Å²) in [6, 6.07) is 10.2. The van der Waals surface area contributed by atoms with Crippen LogP contribution >= 0.6 is 0 Å². The van der Waals surface area contributed by atoms with Crippen LogP contribution in [-0.2, 0) is 10.5 Å². The van der Waals surface area contributed by atoms with Gasteiger partial charge in [0.15, 0.2) is 5.72 Å². The van der Waals surface area contributed by atoms with Gasteiger partial charge in [-0.2, -0.15) is 0 Å². The molecule has 0 radical (unpaired) electrons. The molecule has 1 aromatic rings. The Labute approximate surface area is 66.2 Å². The van der Waals surface area contributed by atoms with Gasteiger partial charge in [0, 0.05) is 13.7 Å². The number of ether oxygens (including phenoxy) is 1. The first-order chi connectivity index (χ1) is 5.37. The van der Waals surface area contributed by atoms with Gasteiger partial charge in [-0.05, 0) is 5.56 Å². The maximum absolute atomic E-state index is 5.32. The van der Waals surface area contributed by atoms with Gasteiger partial charge in [-0.25, -0.2) is 0 Å². The van der Waals surface area contributed by atoms with Crippen LogP contribution in [0.5, 0.6) is 0 Å². The summed E-state index contributed by atoms with van der Waals surface area (Å²) in [5.41, 5.74) is 1.05. The van der Waals surface area contributed by atoms with Crippen molar-refractivity contribution >= 4 is 0 Å². The summed E-state index contributed by atoms with van der Waals surface area (Å²) in [6.45, 7) is 0.924. The van der Waals surface area contributed by atoms with E-state index in [-0.39, 0.29) is 5.72 Å². The third kappa shape index (κ3) is 1.04. The average Bonchev–Trinajstić information content (AvgIpc) is 2.86. The molecular formula is C9H11NO. The van der Waals surface area contributed by atoms with E-state index >= 15 is 0 Å². The summed E-state index contributed by atoms with van der Waals surface area (Å²) in [6.07, 6.45) is 0. The maximum atomic E-state index is 5.32. The third-order valence-corrected chi connectivity index (χ3v) is 2.09. The van der Waals surface area contributed by atoms with Crippen molar-refractivity contribution in [2.24, 2.45) is 0 Å². The fourth-order valence-electron chi connectivity index (χ4n) is 1.25. The van der Waals surface area contributed by atoms with Crippen LogP contribution in [0.2, 0.25) is 0 Å². The second kappa shape index (κ2) is 2.32. The molecule has 0 spiro atoms. The minimum atomic E-state index is -0.165. The van der Waals surface area contributed by atoms with Gasteiger partial charge in [0.1, 0.15) is 0 Å². The quantitative estimate of drug-likeness (QED) is 0.638. The van der Waals surface area contributed by atoms with Crippen molar-refractivity contribution in [1.82, 2.24) is 5.32 Å². The van der Waals surface area contributed by atoms with Crippen LogP contribution in [0, 0.1) is 0 Å². The Balaban J connectivity index is 2.30. The standard InChI is InChI=1S/C9H11NO/c1-11-9(7-10-9)8-5-3-2-4-6-8/h2-6,10H,7H2,1H3. The lowest BCUT2D eigenvalue weighted by Crippen LogP contribution is -2.14. The normalized spacial score (nSPS) is 28.5. The summed E-state index contributed by atoms with van der Waals surface area (Å²) in [5, 5.41) is 3.19. The van der Waals surface area contributed by atoms with E-state index in [1.54, 1.807) is 7.11 Å². The van der Waals surface area contributed by atoms with Gasteiger partial charge in [-0.3, -0.25) is 5.32 Å². The zero-order valence-corrected chi connectivity index (χ0v) is 6.50. The minimum absolute atomic E-state index is 0.165. The molecule has 0 aromatic heterocycles. The Morgan fingerprint density at radius 1 is 1.36 bits per heavy atom. The van der Waals surface area contributed by atoms with E-state index in [9.17, 15) is 0 Å². The molecule has 1 aliphatic rings. The van der Waals surface area contributed by atoms with Gasteiger partial charge in [0.2, 0.25) is 0 Å². The molecule has 0 amide bonds. The Hall–Kier alpha value is -0.860. The van der Waals surface area contributed by atoms with Gasteiger partial charge < -0.3 is 4.74 Å². The number of methoxy groups -OCH3 is 1. The van der Waals surface area contributed by atoms with E-state index in [0.29, 0.717) is 0 Å². The zero-order chi connectivity index (χ0) is 7.73. The Morgan fingerprint density at radius 3 is 2.45 bits per heavy atom. The summed E-state index contributed by atoms with van der Waals surface area (Å²) in [7, 11) is 1.73. The van der Waals surface area contributed by atoms with Crippen LogP contribution in [0.4, 0.5) is 0 Å². The summed E-state index contributed by atoms with van der Waals surface area (Å²) < 4.78 is 5.32. The molecule has 1 aliphatic heterocycles. The number of rotatable bonds is 2. The SMILES string of the molecule is COC1(c2ccccc2)CN1. The molecule has 1 atom stereocenters. The highest BCUT2D eigenvalue weighted by molar-refractivity contribution is 5.27. The summed E-state index contributed by atoms with van der Waals surface area (Å²) in [4.78, 5) is 0. The van der Waals surface area contributed by atoms with Crippen LogP contribution in [0.25, 0.3) is 0 Å². The van der Waals surface area contributed by atoms with Crippen molar-refractivity contribution in [1.29, 1.82) is 0 Å². The van der Waals surface area contributed by atoms with Crippen molar-refractivity contribution in [3.8, 4) is 0 Å². The molecule has 2 nitrogen and oxygen atoms in total. The van der Waals surface area contributed by atoms with E-state index in [4.69, 9.17) is 4.74 Å². The maximum Gasteiger partial charge on any atom is 0.157 e. The smallest absolute Gasteiger partial charge is 0.157 e. The second-order valence-electron chi connectivity index (χ2n) is 2.75. The van der Waals surface area contributed by atoms with Crippen molar-refractivity contribution in [2.45, 2.75) is 5.72 Å². The summed E-state index contributed by atoms with van der Waals surface area (Å²) in [5.74, 6) is 0. The van der Waals surface area contributed by atoms with Gasteiger partial charge in [-0.1, -0.05) is 30.3 Å². The van der Waals surface area contributed by atoms with Gasteiger partial charge in [-0.15, -0.1) is 0 Å². The predicted octanol–water partition coefficient (Wildman–Crippen LogP) is 1.09. The molecule has 11 heavy (non-hydrogen) atoms. The van der Waals surface area contributed by atoms with E-state index in [1.807, 2.05) is 18.2 Å². The fraction of sp³-hybridized carbons (Fsp3) is 0.333. The number of nitrogens with one attached hydrogen (secondary N) is 1. The molecule has 1 fully saturated rings. The number of benzene rings is 1. The van der Waals surface area contributed by atoms with Crippen LogP contribution in [0.3, 0.4) is 0 Å². The first kappa shape index (κ1) is 6.83. The first-order valence-electron chi connectivity index (χ1n) is 3.73. The van der Waals surface area contributed by atoms with Crippen molar-refractivity contribution in [2.75, 3.05) is 13.7 Å². The topological polar surface area (TPSA) is 31.2 Å². The van der Waals surface area contributed by atoms with E-state index in [0.717, 1.165) is 6.54 Å². The van der Waals surface area contributed by atoms with Gasteiger partial charge in [0.05, 0.1) is 0 Å². The third-order valence-electron chi connectivity index (χ3n) is 2.09. The predicted molar refractivity (Wildman–Crippen MR) is 43.1 cm³/mol. The lowest BCUT2D eigenvalue weighted by molar-refractivity contribution is 0.0746. The molecule has 1 unspecified atom stereocenters. The molecule has 1 heterocycles. The highest BCUT2D eigenvalue weighted by atomic mass is 16.5. The Kier molecular flexibility index (Phi) is 1.44. The molecular weight excluding hydrogens is 138 g/mol. The molecule has 0 aliphatic carbocycles. The molecule has 1 aromatic carbocycles. The van der Waals surface area contributed by atoms with Crippen LogP contribution in [0.1, 0.15) is 5.56 Å². The molecule has 2 rings (SSSR count). The molecule has 2 heteroatoms. The van der Waals surface area contributed by atoms with Crippen molar-refractivity contribution < 1.29 is 4.74 Å². The zero-order valence-electron chi connectivity index (χ0n) is 6.50. The monoisotopic (exact) mass is 149 g/mol. The lowest BCUT2D eigenvalue weighted by Gasteiger charge is -2.10. The number of hydrogen-bond acceptors (Lipinski definition) is 2. The number of hydrogen-bond donors (Lipinski definition) is 1. The van der Waals surface area contributed by atoms with Gasteiger partial charge >= 0.3 is 0 Å². The van der Waals surface area contributed by atoms with Crippen LogP contribution in [-0.4, -0.2) is 13.7 Å². The fourth-order valence-corrected chi connectivity index (χ4v) is 1.25. The molecule has 0 saturated carbocycles. The van der Waals surface area contributed by atoms with E-state index in [2.05, 4.69) is 17.4 Å². The Bertz CT molecular complexity index is 241. The molecule has 58 valence electrons. The van der Waals surface area contributed by atoms with Crippen molar-refractivity contribution in [3.05, 3.63) is 35.9 Å². The van der Waals surface area contributed by atoms with Gasteiger partial charge in [0.25, 0.3) is 0 Å². The van der Waals surface area contributed by atoms with Crippen LogP contribution < -0.4 is 5.32 Å². The highest BCUT2D eigenvalue weighted by Crippen LogP contribution is 2.30. The van der Waals surface area contributed by atoms with E-state index in [1.165, 1.54) is 5.56 Å². The Morgan fingerprint density at radius 2 is 2.00 bits per heavy atom.